The first kappa shape index (κ1) is 19.5. The molecule has 1 unspecified atom stereocenters. The highest BCUT2D eigenvalue weighted by molar-refractivity contribution is 9.10. The van der Waals surface area contributed by atoms with E-state index < -0.39 is 0 Å². The predicted octanol–water partition coefficient (Wildman–Crippen LogP) is 5.20. The molecule has 0 aromatic heterocycles. The molecule has 6 heteroatoms. The second-order valence-electron chi connectivity index (χ2n) is 5.41. The summed E-state index contributed by atoms with van der Waals surface area (Å²) in [7, 11) is 0. The summed E-state index contributed by atoms with van der Waals surface area (Å²) in [6.07, 6.45) is 0.857. The van der Waals surface area contributed by atoms with Gasteiger partial charge in [-0.3, -0.25) is 0 Å². The Balaban J connectivity index is 2.12. The van der Waals surface area contributed by atoms with Crippen LogP contribution in [0.4, 0.5) is 0 Å². The van der Waals surface area contributed by atoms with Crippen LogP contribution >= 0.6 is 39.1 Å². The number of hydrogen-bond donors (Lipinski definition) is 2. The van der Waals surface area contributed by atoms with Crippen molar-refractivity contribution in [3.8, 4) is 5.75 Å². The summed E-state index contributed by atoms with van der Waals surface area (Å²) in [6, 6.07) is 11.3. The van der Waals surface area contributed by atoms with Crippen LogP contribution in [-0.2, 0) is 13.2 Å². The van der Waals surface area contributed by atoms with Gasteiger partial charge in [0.1, 0.15) is 12.4 Å². The van der Waals surface area contributed by atoms with Crippen LogP contribution in [0.25, 0.3) is 0 Å². The molecule has 0 fully saturated rings. The molecule has 3 nitrogen and oxygen atoms in total. The van der Waals surface area contributed by atoms with Crippen molar-refractivity contribution in [2.75, 3.05) is 6.61 Å². The van der Waals surface area contributed by atoms with Gasteiger partial charge in [-0.25, -0.2) is 0 Å². The van der Waals surface area contributed by atoms with Crippen LogP contribution in [0.1, 0.15) is 24.5 Å². The molecule has 0 spiro atoms. The van der Waals surface area contributed by atoms with Crippen molar-refractivity contribution in [1.82, 2.24) is 5.32 Å². The molecule has 0 aliphatic heterocycles. The van der Waals surface area contributed by atoms with Gasteiger partial charge in [0, 0.05) is 38.2 Å². The highest BCUT2D eigenvalue weighted by Gasteiger charge is 2.11. The summed E-state index contributed by atoms with van der Waals surface area (Å²) in [4.78, 5) is 0. The minimum Gasteiger partial charge on any atom is -0.488 e. The Labute approximate surface area is 161 Å². The molecule has 0 heterocycles. The van der Waals surface area contributed by atoms with E-state index in [2.05, 4.69) is 21.2 Å². The molecule has 0 saturated heterocycles. The minimum absolute atomic E-state index is 0.0647. The Morgan fingerprint density at radius 1 is 1.21 bits per heavy atom. The van der Waals surface area contributed by atoms with Gasteiger partial charge in [0.05, 0.1) is 6.61 Å². The predicted molar refractivity (Wildman–Crippen MR) is 103 cm³/mol. The molecule has 0 amide bonds. The van der Waals surface area contributed by atoms with Crippen molar-refractivity contribution in [3.05, 3.63) is 62.0 Å². The van der Waals surface area contributed by atoms with Crippen molar-refractivity contribution in [2.45, 2.75) is 32.5 Å². The molecule has 2 rings (SSSR count). The van der Waals surface area contributed by atoms with Crippen LogP contribution in [0.5, 0.6) is 5.75 Å². The van der Waals surface area contributed by atoms with Crippen molar-refractivity contribution >= 4 is 39.1 Å². The van der Waals surface area contributed by atoms with Gasteiger partial charge in [-0.2, -0.15) is 0 Å². The van der Waals surface area contributed by atoms with E-state index >= 15 is 0 Å². The number of aliphatic hydroxyl groups is 1. The molecule has 0 radical (unpaired) electrons. The smallest absolute Gasteiger partial charge is 0.124 e. The van der Waals surface area contributed by atoms with E-state index in [0.717, 1.165) is 27.8 Å². The van der Waals surface area contributed by atoms with Crippen LogP contribution in [0.3, 0.4) is 0 Å². The Morgan fingerprint density at radius 2 is 1.92 bits per heavy atom. The quantitative estimate of drug-likeness (QED) is 0.602. The fraction of sp³-hybridized carbons (Fsp3) is 0.333. The second kappa shape index (κ2) is 9.64. The van der Waals surface area contributed by atoms with E-state index in [1.807, 2.05) is 31.2 Å². The van der Waals surface area contributed by atoms with Crippen molar-refractivity contribution in [1.29, 1.82) is 0 Å². The zero-order valence-corrected chi connectivity index (χ0v) is 16.5. The fourth-order valence-corrected chi connectivity index (χ4v) is 3.15. The van der Waals surface area contributed by atoms with Crippen LogP contribution in [-0.4, -0.2) is 17.8 Å². The van der Waals surface area contributed by atoms with E-state index in [4.69, 9.17) is 27.9 Å². The summed E-state index contributed by atoms with van der Waals surface area (Å²) in [5.41, 5.74) is 1.77. The number of hydrogen-bond acceptors (Lipinski definition) is 3. The van der Waals surface area contributed by atoms with Gasteiger partial charge in [0.15, 0.2) is 0 Å². The zero-order chi connectivity index (χ0) is 17.5. The summed E-state index contributed by atoms with van der Waals surface area (Å²) < 4.78 is 6.92. The maximum Gasteiger partial charge on any atom is 0.124 e. The third-order valence-corrected chi connectivity index (χ3v) is 4.95. The number of ether oxygens (including phenoxy) is 1. The molecule has 1 atom stereocenters. The average molecular weight is 433 g/mol. The Kier molecular flexibility index (Phi) is 7.85. The van der Waals surface area contributed by atoms with Crippen LogP contribution in [0.2, 0.25) is 10.0 Å². The van der Waals surface area contributed by atoms with Crippen molar-refractivity contribution < 1.29 is 9.84 Å². The standard InChI is InChI=1S/C18H20BrCl2NO2/c1-2-14(10-23)22-9-12-8-13(19)6-7-18(12)24-11-15-16(20)4-3-5-17(15)21/h3-8,14,22-23H,2,9-11H2,1H3. The average Bonchev–Trinajstić information content (AvgIpc) is 2.57. The SMILES string of the molecule is CCC(CO)NCc1cc(Br)ccc1OCc1c(Cl)cccc1Cl. The third kappa shape index (κ3) is 5.36. The number of nitrogens with one attached hydrogen (secondary N) is 1. The number of aliphatic hydroxyl groups excluding tert-OH is 1. The van der Waals surface area contributed by atoms with Gasteiger partial charge >= 0.3 is 0 Å². The van der Waals surface area contributed by atoms with Gasteiger partial charge in [-0.1, -0.05) is 52.1 Å². The normalized spacial score (nSPS) is 12.2. The highest BCUT2D eigenvalue weighted by Crippen LogP contribution is 2.28. The maximum absolute atomic E-state index is 9.31. The van der Waals surface area contributed by atoms with Crippen LogP contribution in [0, 0.1) is 0 Å². The summed E-state index contributed by atoms with van der Waals surface area (Å²) in [6.45, 7) is 3.04. The molecule has 2 aromatic carbocycles. The lowest BCUT2D eigenvalue weighted by molar-refractivity contribution is 0.237. The zero-order valence-electron chi connectivity index (χ0n) is 13.4. The molecule has 0 aliphatic rings. The lowest BCUT2D eigenvalue weighted by atomic mass is 10.1. The van der Waals surface area contributed by atoms with Gasteiger partial charge in [-0.15, -0.1) is 0 Å². The minimum atomic E-state index is 0.0647. The molecular weight excluding hydrogens is 413 g/mol. The number of halogens is 3. The van der Waals surface area contributed by atoms with Gasteiger partial charge < -0.3 is 15.2 Å². The molecule has 0 bridgehead atoms. The van der Waals surface area contributed by atoms with E-state index in [0.29, 0.717) is 23.2 Å². The van der Waals surface area contributed by atoms with E-state index in [-0.39, 0.29) is 12.6 Å². The fourth-order valence-electron chi connectivity index (χ4n) is 2.24. The lowest BCUT2D eigenvalue weighted by Gasteiger charge is -2.17. The second-order valence-corrected chi connectivity index (χ2v) is 7.14. The van der Waals surface area contributed by atoms with E-state index in [1.165, 1.54) is 0 Å². The third-order valence-electron chi connectivity index (χ3n) is 3.75. The first-order chi connectivity index (χ1) is 11.5. The summed E-state index contributed by atoms with van der Waals surface area (Å²) >= 11 is 15.9. The maximum atomic E-state index is 9.31. The topological polar surface area (TPSA) is 41.5 Å². The number of rotatable bonds is 8. The van der Waals surface area contributed by atoms with E-state index in [9.17, 15) is 5.11 Å². The van der Waals surface area contributed by atoms with Gasteiger partial charge in [0.2, 0.25) is 0 Å². The van der Waals surface area contributed by atoms with E-state index in [1.54, 1.807) is 12.1 Å². The Hall–Kier alpha value is -0.780. The van der Waals surface area contributed by atoms with Crippen LogP contribution < -0.4 is 10.1 Å². The monoisotopic (exact) mass is 431 g/mol. The molecule has 2 aromatic rings. The van der Waals surface area contributed by atoms with Crippen molar-refractivity contribution in [3.63, 3.8) is 0 Å². The molecule has 2 N–H and O–H groups in total. The number of benzene rings is 2. The molecule has 0 saturated carbocycles. The molecule has 24 heavy (non-hydrogen) atoms. The Bertz CT molecular complexity index is 658. The summed E-state index contributed by atoms with van der Waals surface area (Å²) in [5, 5.41) is 13.8. The van der Waals surface area contributed by atoms with Crippen LogP contribution in [0.15, 0.2) is 40.9 Å². The molecule has 0 aliphatic carbocycles. The lowest BCUT2D eigenvalue weighted by Crippen LogP contribution is -2.31. The first-order valence-electron chi connectivity index (χ1n) is 7.73. The largest absolute Gasteiger partial charge is 0.488 e. The highest BCUT2D eigenvalue weighted by atomic mass is 79.9. The van der Waals surface area contributed by atoms with Crippen molar-refractivity contribution in [2.24, 2.45) is 0 Å². The van der Waals surface area contributed by atoms with Gasteiger partial charge in [-0.05, 0) is 36.8 Å². The summed E-state index contributed by atoms with van der Waals surface area (Å²) in [5.74, 6) is 0.759. The van der Waals surface area contributed by atoms with Gasteiger partial charge in [0.25, 0.3) is 0 Å². The first-order valence-corrected chi connectivity index (χ1v) is 9.28. The molecular formula is C18H20BrCl2NO2. The molecule has 130 valence electrons. The Morgan fingerprint density at radius 3 is 2.54 bits per heavy atom.